The molecule has 6 heteroatoms. The van der Waals surface area contributed by atoms with Gasteiger partial charge < -0.3 is 19.9 Å². The van der Waals surface area contributed by atoms with Gasteiger partial charge in [0.25, 0.3) is 5.91 Å². The molecule has 0 fully saturated rings. The van der Waals surface area contributed by atoms with Crippen molar-refractivity contribution in [2.24, 2.45) is 0 Å². The third-order valence-electron chi connectivity index (χ3n) is 2.89. The van der Waals surface area contributed by atoms with E-state index in [1.54, 1.807) is 24.3 Å². The maximum Gasteiger partial charge on any atom is 0.326 e. The highest BCUT2D eigenvalue weighted by atomic mass is 16.5. The molecular weight excluding hydrogens is 274 g/mol. The first-order chi connectivity index (χ1) is 10.1. The number of nitrogens with one attached hydrogen (secondary N) is 1. The third-order valence-corrected chi connectivity index (χ3v) is 2.89. The fourth-order valence-electron chi connectivity index (χ4n) is 1.74. The monoisotopic (exact) mass is 295 g/mol. The van der Waals surface area contributed by atoms with E-state index in [1.165, 1.54) is 7.11 Å². The van der Waals surface area contributed by atoms with Crippen molar-refractivity contribution in [3.8, 4) is 11.5 Å². The van der Waals surface area contributed by atoms with Gasteiger partial charge >= 0.3 is 5.97 Å². The van der Waals surface area contributed by atoms with Crippen molar-refractivity contribution in [3.05, 3.63) is 24.3 Å². The highest BCUT2D eigenvalue weighted by molar-refractivity contribution is 5.84. The summed E-state index contributed by atoms with van der Waals surface area (Å²) < 4.78 is 10.4. The minimum atomic E-state index is -1.03. The summed E-state index contributed by atoms with van der Waals surface area (Å²) in [4.78, 5) is 22.7. The normalized spacial score (nSPS) is 11.5. The molecule has 0 aliphatic rings. The molecule has 1 atom stereocenters. The molecule has 0 bridgehead atoms. The molecule has 1 rings (SSSR count). The first-order valence-electron chi connectivity index (χ1n) is 6.85. The number of ether oxygens (including phenoxy) is 2. The summed E-state index contributed by atoms with van der Waals surface area (Å²) in [5, 5.41) is 11.5. The molecule has 6 nitrogen and oxygen atoms in total. The molecule has 0 heterocycles. The molecule has 1 amide bonds. The minimum Gasteiger partial charge on any atom is -0.497 e. The molecule has 0 saturated heterocycles. The molecule has 0 radical (unpaired) electrons. The van der Waals surface area contributed by atoms with Crippen molar-refractivity contribution in [1.82, 2.24) is 5.32 Å². The quantitative estimate of drug-likeness (QED) is 0.726. The second-order valence-electron chi connectivity index (χ2n) is 4.57. The van der Waals surface area contributed by atoms with Crippen LogP contribution in [0.3, 0.4) is 0 Å². The summed E-state index contributed by atoms with van der Waals surface area (Å²) in [6, 6.07) is 5.98. The zero-order chi connectivity index (χ0) is 15.7. The number of aliphatic carboxylic acids is 1. The largest absolute Gasteiger partial charge is 0.497 e. The topological polar surface area (TPSA) is 84.9 Å². The predicted molar refractivity (Wildman–Crippen MR) is 77.6 cm³/mol. The van der Waals surface area contributed by atoms with Crippen LogP contribution < -0.4 is 14.8 Å². The Balaban J connectivity index is 2.46. The van der Waals surface area contributed by atoms with E-state index >= 15 is 0 Å². The SMILES string of the molecule is CCCC[C@H](NC(=O)COc1cccc(OC)c1)C(=O)O. The Hall–Kier alpha value is -2.24. The average Bonchev–Trinajstić information content (AvgIpc) is 2.49. The van der Waals surface area contributed by atoms with Crippen molar-refractivity contribution in [1.29, 1.82) is 0 Å². The van der Waals surface area contributed by atoms with E-state index in [0.29, 0.717) is 17.9 Å². The van der Waals surface area contributed by atoms with Crippen molar-refractivity contribution in [2.45, 2.75) is 32.2 Å². The fraction of sp³-hybridized carbons (Fsp3) is 0.467. The highest BCUT2D eigenvalue weighted by Gasteiger charge is 2.19. The maximum absolute atomic E-state index is 11.7. The first kappa shape index (κ1) is 16.8. The number of amides is 1. The van der Waals surface area contributed by atoms with Crippen LogP contribution in [0.4, 0.5) is 0 Å². The Morgan fingerprint density at radius 1 is 1.33 bits per heavy atom. The maximum atomic E-state index is 11.7. The van der Waals surface area contributed by atoms with Gasteiger partial charge in [-0.2, -0.15) is 0 Å². The van der Waals surface area contributed by atoms with Gasteiger partial charge in [-0.05, 0) is 18.6 Å². The molecule has 2 N–H and O–H groups in total. The Morgan fingerprint density at radius 3 is 2.67 bits per heavy atom. The van der Waals surface area contributed by atoms with E-state index in [9.17, 15) is 9.59 Å². The van der Waals surface area contributed by atoms with Crippen LogP contribution in [-0.2, 0) is 9.59 Å². The zero-order valence-electron chi connectivity index (χ0n) is 12.3. The summed E-state index contributed by atoms with van der Waals surface area (Å²) in [5.41, 5.74) is 0. The lowest BCUT2D eigenvalue weighted by Gasteiger charge is -2.14. The summed E-state index contributed by atoms with van der Waals surface area (Å²) in [7, 11) is 1.54. The number of benzene rings is 1. The predicted octanol–water partition coefficient (Wildman–Crippen LogP) is 1.83. The van der Waals surface area contributed by atoms with E-state index in [1.807, 2.05) is 6.92 Å². The second-order valence-corrected chi connectivity index (χ2v) is 4.57. The summed E-state index contributed by atoms with van der Waals surface area (Å²) >= 11 is 0. The van der Waals surface area contributed by atoms with Crippen molar-refractivity contribution >= 4 is 11.9 Å². The minimum absolute atomic E-state index is 0.233. The molecule has 0 aromatic heterocycles. The Kier molecular flexibility index (Phi) is 7.08. The molecule has 116 valence electrons. The Morgan fingerprint density at radius 2 is 2.05 bits per heavy atom. The van der Waals surface area contributed by atoms with E-state index < -0.39 is 17.9 Å². The van der Waals surface area contributed by atoms with E-state index in [4.69, 9.17) is 14.6 Å². The lowest BCUT2D eigenvalue weighted by atomic mass is 10.1. The molecule has 21 heavy (non-hydrogen) atoms. The highest BCUT2D eigenvalue weighted by Crippen LogP contribution is 2.18. The Labute approximate surface area is 124 Å². The van der Waals surface area contributed by atoms with Gasteiger partial charge in [-0.15, -0.1) is 0 Å². The van der Waals surface area contributed by atoms with Gasteiger partial charge in [-0.3, -0.25) is 4.79 Å². The fourth-order valence-corrected chi connectivity index (χ4v) is 1.74. The van der Waals surface area contributed by atoms with Gasteiger partial charge in [-0.25, -0.2) is 4.79 Å². The van der Waals surface area contributed by atoms with Crippen molar-refractivity contribution < 1.29 is 24.2 Å². The number of carbonyl (C=O) groups excluding carboxylic acids is 1. The number of carboxylic acids is 1. The van der Waals surface area contributed by atoms with Crippen LogP contribution in [0.5, 0.6) is 11.5 Å². The number of carboxylic acid groups (broad SMARTS) is 1. The molecule has 0 spiro atoms. The smallest absolute Gasteiger partial charge is 0.326 e. The third kappa shape index (κ3) is 6.16. The van der Waals surface area contributed by atoms with Crippen LogP contribution in [0.25, 0.3) is 0 Å². The van der Waals surface area contributed by atoms with Gasteiger partial charge in [0.15, 0.2) is 6.61 Å². The second kappa shape index (κ2) is 8.84. The van der Waals surface area contributed by atoms with Crippen LogP contribution in [0, 0.1) is 0 Å². The number of rotatable bonds is 9. The van der Waals surface area contributed by atoms with Crippen molar-refractivity contribution in [3.63, 3.8) is 0 Å². The Bertz CT molecular complexity index is 475. The van der Waals surface area contributed by atoms with Gasteiger partial charge in [0.2, 0.25) is 0 Å². The molecule has 1 aromatic rings. The van der Waals surface area contributed by atoms with Crippen LogP contribution >= 0.6 is 0 Å². The van der Waals surface area contributed by atoms with E-state index in [0.717, 1.165) is 12.8 Å². The molecular formula is C15H21NO5. The van der Waals surface area contributed by atoms with Gasteiger partial charge in [0.1, 0.15) is 17.5 Å². The molecule has 0 aliphatic heterocycles. The first-order valence-corrected chi connectivity index (χ1v) is 6.85. The summed E-state index contributed by atoms with van der Waals surface area (Å²) in [5.74, 6) is -0.372. The standard InChI is InChI=1S/C15H21NO5/c1-3-4-8-13(15(18)19)16-14(17)10-21-12-7-5-6-11(9-12)20-2/h5-7,9,13H,3-4,8,10H2,1-2H3,(H,16,17)(H,18,19)/t13-/m0/s1. The van der Waals surface area contributed by atoms with Crippen LogP contribution in [0.1, 0.15) is 26.2 Å². The summed E-state index contributed by atoms with van der Waals surface area (Å²) in [6.07, 6.45) is 2.03. The molecule has 0 unspecified atom stereocenters. The van der Waals surface area contributed by atoms with Gasteiger partial charge in [0.05, 0.1) is 7.11 Å². The summed E-state index contributed by atoms with van der Waals surface area (Å²) in [6.45, 7) is 1.73. The average molecular weight is 295 g/mol. The van der Waals surface area contributed by atoms with Gasteiger partial charge in [-0.1, -0.05) is 25.8 Å². The van der Waals surface area contributed by atoms with E-state index in [2.05, 4.69) is 5.32 Å². The number of hydrogen-bond donors (Lipinski definition) is 2. The molecule has 1 aromatic carbocycles. The number of unbranched alkanes of at least 4 members (excludes halogenated alkanes) is 1. The van der Waals surface area contributed by atoms with Crippen LogP contribution in [-0.4, -0.2) is 36.7 Å². The molecule has 0 aliphatic carbocycles. The number of methoxy groups -OCH3 is 1. The van der Waals surface area contributed by atoms with Crippen LogP contribution in [0.15, 0.2) is 24.3 Å². The van der Waals surface area contributed by atoms with Crippen LogP contribution in [0.2, 0.25) is 0 Å². The van der Waals surface area contributed by atoms with Crippen molar-refractivity contribution in [2.75, 3.05) is 13.7 Å². The van der Waals surface area contributed by atoms with E-state index in [-0.39, 0.29) is 6.61 Å². The molecule has 0 saturated carbocycles. The van der Waals surface area contributed by atoms with Gasteiger partial charge in [0, 0.05) is 6.07 Å². The lowest BCUT2D eigenvalue weighted by Crippen LogP contribution is -2.42. The number of carbonyl (C=O) groups is 2. The zero-order valence-corrected chi connectivity index (χ0v) is 12.3. The number of hydrogen-bond acceptors (Lipinski definition) is 4. The lowest BCUT2D eigenvalue weighted by molar-refractivity contribution is -0.142.